The molecule has 1 aliphatic heterocycles. The van der Waals surface area contributed by atoms with Gasteiger partial charge in [0.15, 0.2) is 0 Å². The Balaban J connectivity index is 1.85. The molecule has 2 fully saturated rings. The van der Waals surface area contributed by atoms with Gasteiger partial charge in [0.05, 0.1) is 0 Å². The molecule has 2 atom stereocenters. The number of likely N-dealkylation sites (tertiary alicyclic amines) is 1. The fourth-order valence-corrected chi connectivity index (χ4v) is 3.28. The molecule has 2 unspecified atom stereocenters. The van der Waals surface area contributed by atoms with Gasteiger partial charge in [-0.1, -0.05) is 6.42 Å². The lowest BCUT2D eigenvalue weighted by Gasteiger charge is -2.41. The average Bonchev–Trinajstić information content (AvgIpc) is 2.23. The highest BCUT2D eigenvalue weighted by Gasteiger charge is 2.30. The third-order valence-electron chi connectivity index (χ3n) is 4.30. The van der Waals surface area contributed by atoms with Gasteiger partial charge in [0.25, 0.3) is 0 Å². The van der Waals surface area contributed by atoms with E-state index in [1.54, 1.807) is 6.92 Å². The Morgan fingerprint density at radius 3 is 2.67 bits per heavy atom. The largest absolute Gasteiger partial charge is 0.396 e. The number of rotatable bonds is 5. The van der Waals surface area contributed by atoms with Crippen molar-refractivity contribution >= 4 is 5.91 Å². The van der Waals surface area contributed by atoms with E-state index in [9.17, 15) is 4.79 Å². The number of hydrogen-bond acceptors (Lipinski definition) is 3. The van der Waals surface area contributed by atoms with Crippen molar-refractivity contribution < 1.29 is 9.90 Å². The van der Waals surface area contributed by atoms with Gasteiger partial charge in [-0.3, -0.25) is 4.79 Å². The summed E-state index contributed by atoms with van der Waals surface area (Å²) in [6, 6.07) is 0.271. The molecule has 0 spiro atoms. The molecule has 0 aromatic carbocycles. The lowest BCUT2D eigenvalue weighted by Crippen LogP contribution is -2.52. The van der Waals surface area contributed by atoms with Crippen LogP contribution in [0.5, 0.6) is 0 Å². The van der Waals surface area contributed by atoms with E-state index in [-0.39, 0.29) is 18.6 Å². The second-order valence-electron chi connectivity index (χ2n) is 6.03. The summed E-state index contributed by atoms with van der Waals surface area (Å²) in [5.74, 6) is 1.46. The van der Waals surface area contributed by atoms with Crippen molar-refractivity contribution in [2.45, 2.75) is 45.1 Å². The summed E-state index contributed by atoms with van der Waals surface area (Å²) in [5.41, 5.74) is 0. The number of amides is 1. The number of nitrogens with zero attached hydrogens (tertiary/aromatic N) is 1. The fourth-order valence-electron chi connectivity index (χ4n) is 3.28. The van der Waals surface area contributed by atoms with Gasteiger partial charge in [-0.05, 0) is 37.5 Å². The summed E-state index contributed by atoms with van der Waals surface area (Å²) in [6.45, 7) is 5.10. The third-order valence-corrected chi connectivity index (χ3v) is 4.30. The van der Waals surface area contributed by atoms with E-state index in [4.69, 9.17) is 5.11 Å². The van der Waals surface area contributed by atoms with Crippen LogP contribution in [0.25, 0.3) is 0 Å². The van der Waals surface area contributed by atoms with Crippen molar-refractivity contribution in [3.8, 4) is 0 Å². The Kier molecular flexibility index (Phi) is 5.01. The van der Waals surface area contributed by atoms with Crippen LogP contribution in [0.15, 0.2) is 0 Å². The maximum atomic E-state index is 11.2. The molecule has 18 heavy (non-hydrogen) atoms. The van der Waals surface area contributed by atoms with Gasteiger partial charge in [0, 0.05) is 39.2 Å². The van der Waals surface area contributed by atoms with Gasteiger partial charge in [-0.15, -0.1) is 0 Å². The molecule has 4 heteroatoms. The Labute approximate surface area is 110 Å². The number of carbonyl (C=O) groups excluding carboxylic acids is 1. The Morgan fingerprint density at radius 2 is 2.11 bits per heavy atom. The highest BCUT2D eigenvalue weighted by Crippen LogP contribution is 2.29. The minimum absolute atomic E-state index is 0.0632. The van der Waals surface area contributed by atoms with E-state index in [0.717, 1.165) is 31.8 Å². The second kappa shape index (κ2) is 6.53. The van der Waals surface area contributed by atoms with Crippen molar-refractivity contribution in [2.24, 2.45) is 11.8 Å². The van der Waals surface area contributed by atoms with Crippen molar-refractivity contribution in [1.29, 1.82) is 0 Å². The third kappa shape index (κ3) is 3.95. The van der Waals surface area contributed by atoms with E-state index in [1.807, 2.05) is 0 Å². The lowest BCUT2D eigenvalue weighted by molar-refractivity contribution is -0.120. The van der Waals surface area contributed by atoms with Crippen molar-refractivity contribution in [3.05, 3.63) is 0 Å². The summed E-state index contributed by atoms with van der Waals surface area (Å²) in [6.07, 6.45) is 5.99. The van der Waals surface area contributed by atoms with E-state index >= 15 is 0 Å². The second-order valence-corrected chi connectivity index (χ2v) is 6.03. The van der Waals surface area contributed by atoms with E-state index < -0.39 is 0 Å². The quantitative estimate of drug-likeness (QED) is 0.769. The molecule has 2 rings (SSSR count). The Bertz CT molecular complexity index is 279. The lowest BCUT2D eigenvalue weighted by atomic mass is 9.83. The number of piperidine rings is 1. The van der Waals surface area contributed by atoms with Crippen LogP contribution in [-0.2, 0) is 4.79 Å². The van der Waals surface area contributed by atoms with Crippen LogP contribution < -0.4 is 5.32 Å². The first-order valence-electron chi connectivity index (χ1n) is 7.27. The fraction of sp³-hybridized carbons (Fsp3) is 0.929. The van der Waals surface area contributed by atoms with Crippen LogP contribution in [-0.4, -0.2) is 48.2 Å². The van der Waals surface area contributed by atoms with E-state index in [0.29, 0.717) is 5.92 Å². The smallest absolute Gasteiger partial charge is 0.217 e. The van der Waals surface area contributed by atoms with Crippen LogP contribution in [0.3, 0.4) is 0 Å². The first-order valence-corrected chi connectivity index (χ1v) is 7.27. The van der Waals surface area contributed by atoms with E-state index in [1.165, 1.54) is 25.8 Å². The minimum atomic E-state index is 0.0632. The van der Waals surface area contributed by atoms with Gasteiger partial charge >= 0.3 is 0 Å². The van der Waals surface area contributed by atoms with Crippen LogP contribution in [0.4, 0.5) is 0 Å². The highest BCUT2D eigenvalue weighted by molar-refractivity contribution is 5.73. The topological polar surface area (TPSA) is 52.6 Å². The Hall–Kier alpha value is -0.610. The Morgan fingerprint density at radius 1 is 1.33 bits per heavy atom. The molecule has 1 aliphatic carbocycles. The molecule has 2 aliphatic rings. The number of carbonyl (C=O) groups is 1. The summed E-state index contributed by atoms with van der Waals surface area (Å²) < 4.78 is 0. The standard InChI is InChI=1S/C14H26N2O2/c1-11(18)15-14-7-13(5-6-17)9-16(10-14)8-12-3-2-4-12/h12-14,17H,2-10H2,1H3,(H,15,18). The van der Waals surface area contributed by atoms with Crippen LogP contribution in [0.1, 0.15) is 39.0 Å². The minimum Gasteiger partial charge on any atom is -0.396 e. The predicted octanol–water partition coefficient (Wildman–Crippen LogP) is 0.995. The normalized spacial score (nSPS) is 29.9. The molecule has 1 heterocycles. The number of aliphatic hydroxyl groups is 1. The predicted molar refractivity (Wildman–Crippen MR) is 71.2 cm³/mol. The van der Waals surface area contributed by atoms with Gasteiger partial charge < -0.3 is 15.3 Å². The molecule has 0 bridgehead atoms. The molecule has 0 aromatic rings. The summed E-state index contributed by atoms with van der Waals surface area (Å²) in [4.78, 5) is 13.7. The molecule has 104 valence electrons. The maximum Gasteiger partial charge on any atom is 0.217 e. The molecular formula is C14H26N2O2. The maximum absolute atomic E-state index is 11.2. The average molecular weight is 254 g/mol. The molecule has 4 nitrogen and oxygen atoms in total. The summed E-state index contributed by atoms with van der Waals surface area (Å²) >= 11 is 0. The molecule has 0 radical (unpaired) electrons. The van der Waals surface area contributed by atoms with Gasteiger partial charge in [0.1, 0.15) is 0 Å². The number of nitrogens with one attached hydrogen (secondary N) is 1. The van der Waals surface area contributed by atoms with Gasteiger partial charge in [0.2, 0.25) is 5.91 Å². The highest BCUT2D eigenvalue weighted by atomic mass is 16.3. The van der Waals surface area contributed by atoms with Gasteiger partial charge in [-0.2, -0.15) is 0 Å². The van der Waals surface area contributed by atoms with Crippen LogP contribution >= 0.6 is 0 Å². The zero-order chi connectivity index (χ0) is 13.0. The SMILES string of the molecule is CC(=O)NC1CC(CCO)CN(CC2CCC2)C1. The molecule has 1 saturated carbocycles. The summed E-state index contributed by atoms with van der Waals surface area (Å²) in [5, 5.41) is 12.2. The van der Waals surface area contributed by atoms with E-state index in [2.05, 4.69) is 10.2 Å². The first-order chi connectivity index (χ1) is 8.67. The number of hydrogen-bond donors (Lipinski definition) is 2. The first kappa shape index (κ1) is 13.8. The molecular weight excluding hydrogens is 228 g/mol. The van der Waals surface area contributed by atoms with Crippen molar-refractivity contribution in [1.82, 2.24) is 10.2 Å². The molecule has 2 N–H and O–H groups in total. The van der Waals surface area contributed by atoms with Crippen LogP contribution in [0, 0.1) is 11.8 Å². The molecule has 1 saturated heterocycles. The van der Waals surface area contributed by atoms with Gasteiger partial charge in [-0.25, -0.2) is 0 Å². The monoisotopic (exact) mass is 254 g/mol. The number of aliphatic hydroxyl groups excluding tert-OH is 1. The van der Waals surface area contributed by atoms with Crippen LogP contribution in [0.2, 0.25) is 0 Å². The van der Waals surface area contributed by atoms with Crippen molar-refractivity contribution in [3.63, 3.8) is 0 Å². The molecule has 1 amide bonds. The zero-order valence-corrected chi connectivity index (χ0v) is 11.4. The van der Waals surface area contributed by atoms with Crippen molar-refractivity contribution in [2.75, 3.05) is 26.2 Å². The summed E-state index contributed by atoms with van der Waals surface area (Å²) in [7, 11) is 0. The zero-order valence-electron chi connectivity index (χ0n) is 11.4. The molecule has 0 aromatic heterocycles.